The summed E-state index contributed by atoms with van der Waals surface area (Å²) in [6.07, 6.45) is 4.94. The van der Waals surface area contributed by atoms with E-state index in [0.29, 0.717) is 0 Å². The Morgan fingerprint density at radius 3 is 2.27 bits per heavy atom. The van der Waals surface area contributed by atoms with E-state index in [1.807, 2.05) is 32.1 Å². The molecule has 0 saturated heterocycles. The highest BCUT2D eigenvalue weighted by molar-refractivity contribution is 7.98. The number of benzene rings is 1. The topological polar surface area (TPSA) is 17.1 Å². The van der Waals surface area contributed by atoms with Crippen molar-refractivity contribution in [2.75, 3.05) is 6.26 Å². The second kappa shape index (κ2) is 5.76. The Morgan fingerprint density at radius 1 is 1.27 bits per heavy atom. The number of rotatable bonds is 4. The average molecular weight is 220 g/mol. The maximum Gasteiger partial charge on any atom is 0.146 e. The molecule has 0 heterocycles. The Kier molecular flexibility index (Phi) is 4.63. The highest BCUT2D eigenvalue weighted by Gasteiger charge is 2.01. The van der Waals surface area contributed by atoms with Crippen LogP contribution in [0.25, 0.3) is 6.08 Å². The lowest BCUT2D eigenvalue weighted by molar-refractivity contribution is -0.105. The van der Waals surface area contributed by atoms with Gasteiger partial charge in [-0.3, -0.25) is 4.79 Å². The molecule has 0 radical (unpaired) electrons. The Bertz CT molecular complexity index is 349. The molecule has 1 aromatic rings. The summed E-state index contributed by atoms with van der Waals surface area (Å²) >= 11 is 1.72. The van der Waals surface area contributed by atoms with Gasteiger partial charge in [-0.1, -0.05) is 26.0 Å². The van der Waals surface area contributed by atoms with Crippen molar-refractivity contribution >= 4 is 24.1 Å². The summed E-state index contributed by atoms with van der Waals surface area (Å²) in [5.74, 6) is 0.280. The Balaban J connectivity index is 2.91. The van der Waals surface area contributed by atoms with Gasteiger partial charge in [0.25, 0.3) is 0 Å². The minimum Gasteiger partial charge on any atom is -0.298 e. The average Bonchev–Trinajstić information content (AvgIpc) is 2.26. The smallest absolute Gasteiger partial charge is 0.146 e. The summed E-state index contributed by atoms with van der Waals surface area (Å²) < 4.78 is 0. The fourth-order valence-corrected chi connectivity index (χ4v) is 1.64. The summed E-state index contributed by atoms with van der Waals surface area (Å²) in [4.78, 5) is 12.0. The fourth-order valence-electron chi connectivity index (χ4n) is 1.23. The molecule has 0 atom stereocenters. The maximum absolute atomic E-state index is 10.8. The first kappa shape index (κ1) is 12.1. The Morgan fingerprint density at radius 2 is 1.87 bits per heavy atom. The molecule has 0 unspecified atom stereocenters. The molecule has 0 fully saturated rings. The van der Waals surface area contributed by atoms with Crippen molar-refractivity contribution < 1.29 is 4.79 Å². The molecule has 0 saturated carbocycles. The summed E-state index contributed by atoms with van der Waals surface area (Å²) in [6, 6.07) is 8.22. The van der Waals surface area contributed by atoms with E-state index in [-0.39, 0.29) is 5.92 Å². The molecule has 1 rings (SSSR count). The van der Waals surface area contributed by atoms with E-state index in [0.717, 1.165) is 17.4 Å². The number of aldehydes is 1. The zero-order chi connectivity index (χ0) is 11.3. The highest BCUT2D eigenvalue weighted by atomic mass is 32.2. The van der Waals surface area contributed by atoms with Gasteiger partial charge in [-0.2, -0.15) is 0 Å². The minimum atomic E-state index is 0.280. The zero-order valence-electron chi connectivity index (χ0n) is 9.36. The van der Waals surface area contributed by atoms with E-state index in [1.54, 1.807) is 11.8 Å². The quantitative estimate of drug-likeness (QED) is 0.438. The van der Waals surface area contributed by atoms with Crippen LogP contribution in [-0.4, -0.2) is 12.5 Å². The Hall–Kier alpha value is -1.02. The molecule has 80 valence electrons. The molecule has 0 amide bonds. The largest absolute Gasteiger partial charge is 0.298 e. The van der Waals surface area contributed by atoms with Gasteiger partial charge < -0.3 is 0 Å². The monoisotopic (exact) mass is 220 g/mol. The van der Waals surface area contributed by atoms with E-state index < -0.39 is 0 Å². The SMILES string of the molecule is CSc1ccc(C=C(C=O)C(C)C)cc1. The van der Waals surface area contributed by atoms with Crippen molar-refractivity contribution in [3.05, 3.63) is 35.4 Å². The first-order valence-corrected chi connectivity index (χ1v) is 6.20. The van der Waals surface area contributed by atoms with Gasteiger partial charge in [0.15, 0.2) is 0 Å². The summed E-state index contributed by atoms with van der Waals surface area (Å²) in [7, 11) is 0. The fraction of sp³-hybridized carbons (Fsp3) is 0.308. The van der Waals surface area contributed by atoms with Crippen molar-refractivity contribution in [2.45, 2.75) is 18.7 Å². The molecule has 0 N–H and O–H groups in total. The number of thioether (sulfide) groups is 1. The third-order valence-corrected chi connectivity index (χ3v) is 3.00. The number of carbonyl (C=O) groups excluding carboxylic acids is 1. The molecule has 0 spiro atoms. The van der Waals surface area contributed by atoms with Crippen molar-refractivity contribution in [3.8, 4) is 0 Å². The molecular formula is C13H16OS. The van der Waals surface area contributed by atoms with Crippen molar-refractivity contribution in [1.82, 2.24) is 0 Å². The van der Waals surface area contributed by atoms with Crippen LogP contribution in [0.15, 0.2) is 34.7 Å². The lowest BCUT2D eigenvalue weighted by Gasteiger charge is -2.04. The predicted octanol–water partition coefficient (Wildman–Crippen LogP) is 3.65. The van der Waals surface area contributed by atoms with E-state index in [4.69, 9.17) is 0 Å². The molecule has 0 bridgehead atoms. The third-order valence-electron chi connectivity index (χ3n) is 2.25. The van der Waals surface area contributed by atoms with E-state index >= 15 is 0 Å². The van der Waals surface area contributed by atoms with Crippen LogP contribution in [0.5, 0.6) is 0 Å². The molecule has 0 aliphatic carbocycles. The second-order valence-electron chi connectivity index (χ2n) is 3.69. The molecule has 1 aromatic carbocycles. The van der Waals surface area contributed by atoms with Gasteiger partial charge in [-0.15, -0.1) is 11.8 Å². The lowest BCUT2D eigenvalue weighted by Crippen LogP contribution is -1.94. The normalized spacial score (nSPS) is 11.9. The van der Waals surface area contributed by atoms with Gasteiger partial charge in [-0.05, 0) is 41.5 Å². The van der Waals surface area contributed by atoms with Crippen molar-refractivity contribution in [3.63, 3.8) is 0 Å². The molecule has 0 aromatic heterocycles. The molecule has 2 heteroatoms. The van der Waals surface area contributed by atoms with Crippen LogP contribution in [0.3, 0.4) is 0 Å². The third kappa shape index (κ3) is 3.56. The first-order valence-electron chi connectivity index (χ1n) is 4.98. The van der Waals surface area contributed by atoms with Crippen LogP contribution in [0.4, 0.5) is 0 Å². The van der Waals surface area contributed by atoms with Gasteiger partial charge >= 0.3 is 0 Å². The van der Waals surface area contributed by atoms with Gasteiger partial charge in [0.05, 0.1) is 0 Å². The summed E-state index contributed by atoms with van der Waals surface area (Å²) in [5.41, 5.74) is 1.93. The second-order valence-corrected chi connectivity index (χ2v) is 4.57. The van der Waals surface area contributed by atoms with Crippen LogP contribution in [0.2, 0.25) is 0 Å². The standard InChI is InChI=1S/C13H16OS/c1-10(2)12(9-14)8-11-4-6-13(15-3)7-5-11/h4-10H,1-3H3. The maximum atomic E-state index is 10.8. The van der Waals surface area contributed by atoms with Crippen LogP contribution < -0.4 is 0 Å². The summed E-state index contributed by atoms with van der Waals surface area (Å²) in [6.45, 7) is 4.05. The van der Waals surface area contributed by atoms with Gasteiger partial charge in [0.2, 0.25) is 0 Å². The predicted molar refractivity (Wildman–Crippen MR) is 67.1 cm³/mol. The molecule has 0 aliphatic heterocycles. The zero-order valence-corrected chi connectivity index (χ0v) is 10.2. The van der Waals surface area contributed by atoms with E-state index in [2.05, 4.69) is 18.4 Å². The number of carbonyl (C=O) groups is 1. The van der Waals surface area contributed by atoms with Crippen LogP contribution in [-0.2, 0) is 4.79 Å². The van der Waals surface area contributed by atoms with Crippen molar-refractivity contribution in [2.24, 2.45) is 5.92 Å². The van der Waals surface area contributed by atoms with Crippen LogP contribution in [0.1, 0.15) is 19.4 Å². The van der Waals surface area contributed by atoms with Crippen molar-refractivity contribution in [1.29, 1.82) is 0 Å². The number of hydrogen-bond acceptors (Lipinski definition) is 2. The van der Waals surface area contributed by atoms with Crippen LogP contribution in [0, 0.1) is 5.92 Å². The summed E-state index contributed by atoms with van der Waals surface area (Å²) in [5, 5.41) is 0. The van der Waals surface area contributed by atoms with E-state index in [9.17, 15) is 4.79 Å². The van der Waals surface area contributed by atoms with E-state index in [1.165, 1.54) is 4.90 Å². The molecule has 1 nitrogen and oxygen atoms in total. The first-order chi connectivity index (χ1) is 7.17. The molecule has 0 aliphatic rings. The molecule has 15 heavy (non-hydrogen) atoms. The molecular weight excluding hydrogens is 204 g/mol. The Labute approximate surface area is 95.6 Å². The van der Waals surface area contributed by atoms with Gasteiger partial charge in [0.1, 0.15) is 6.29 Å². The lowest BCUT2D eigenvalue weighted by atomic mass is 10.0. The number of hydrogen-bond donors (Lipinski definition) is 0. The van der Waals surface area contributed by atoms with Gasteiger partial charge in [0, 0.05) is 4.90 Å². The van der Waals surface area contributed by atoms with Crippen LogP contribution >= 0.6 is 11.8 Å². The minimum absolute atomic E-state index is 0.280. The number of allylic oxidation sites excluding steroid dienone is 1. The van der Waals surface area contributed by atoms with Gasteiger partial charge in [-0.25, -0.2) is 0 Å². The highest BCUT2D eigenvalue weighted by Crippen LogP contribution is 2.17.